The Morgan fingerprint density at radius 3 is 2.17 bits per heavy atom. The number of rotatable bonds is 7. The molecule has 0 radical (unpaired) electrons. The molecule has 0 aliphatic rings. The van der Waals surface area contributed by atoms with Crippen LogP contribution in [0, 0.1) is 0 Å². The topological polar surface area (TPSA) is 139 Å². The fourth-order valence-electron chi connectivity index (χ4n) is 1.21. The predicted molar refractivity (Wildman–Crippen MR) is 61.3 cm³/mol. The Morgan fingerprint density at radius 1 is 1.22 bits per heavy atom. The van der Waals surface area contributed by atoms with Crippen LogP contribution in [0.3, 0.4) is 0 Å². The van der Waals surface area contributed by atoms with Crippen LogP contribution < -0.4 is 16.4 Å². The number of carbonyl (C=O) groups is 4. The number of aliphatic carboxylic acids is 1. The van der Waals surface area contributed by atoms with Crippen LogP contribution >= 0.6 is 0 Å². The quantitative estimate of drug-likeness (QED) is 0.433. The first-order chi connectivity index (χ1) is 8.23. The number of amides is 3. The first-order valence-electron chi connectivity index (χ1n) is 5.32. The van der Waals surface area contributed by atoms with E-state index >= 15 is 0 Å². The summed E-state index contributed by atoms with van der Waals surface area (Å²) in [5, 5.41) is 13.4. The molecule has 0 saturated carbocycles. The highest BCUT2D eigenvalue weighted by atomic mass is 16.4. The normalized spacial score (nSPS) is 13.2. The summed E-state index contributed by atoms with van der Waals surface area (Å²) in [6, 6.07) is -2.06. The van der Waals surface area contributed by atoms with Gasteiger partial charge in [-0.1, -0.05) is 0 Å². The minimum atomic E-state index is -1.26. The van der Waals surface area contributed by atoms with Crippen LogP contribution in [0.2, 0.25) is 0 Å². The molecule has 8 heteroatoms. The number of carboxylic acids is 1. The number of nitrogens with one attached hydrogen (secondary N) is 2. The molecule has 0 aromatic rings. The summed E-state index contributed by atoms with van der Waals surface area (Å²) >= 11 is 0. The van der Waals surface area contributed by atoms with Gasteiger partial charge in [-0.2, -0.15) is 0 Å². The fraction of sp³-hybridized carbons (Fsp3) is 0.600. The largest absolute Gasteiger partial charge is 0.480 e. The van der Waals surface area contributed by atoms with Gasteiger partial charge < -0.3 is 21.5 Å². The minimum Gasteiger partial charge on any atom is -0.480 e. The van der Waals surface area contributed by atoms with E-state index < -0.39 is 35.8 Å². The van der Waals surface area contributed by atoms with E-state index in [9.17, 15) is 19.2 Å². The van der Waals surface area contributed by atoms with Gasteiger partial charge in [0.15, 0.2) is 0 Å². The van der Waals surface area contributed by atoms with Crippen molar-refractivity contribution in [3.63, 3.8) is 0 Å². The molecule has 102 valence electrons. The molecule has 0 unspecified atom stereocenters. The van der Waals surface area contributed by atoms with Gasteiger partial charge in [-0.15, -0.1) is 0 Å². The molecule has 5 N–H and O–H groups in total. The number of carbonyl (C=O) groups excluding carboxylic acids is 3. The Labute approximate surface area is 104 Å². The second kappa shape index (κ2) is 7.25. The lowest BCUT2D eigenvalue weighted by Gasteiger charge is -2.17. The van der Waals surface area contributed by atoms with Gasteiger partial charge in [0.25, 0.3) is 0 Å². The van der Waals surface area contributed by atoms with Crippen molar-refractivity contribution in [3.8, 4) is 0 Å². The summed E-state index contributed by atoms with van der Waals surface area (Å²) in [5.74, 6) is -2.95. The Bertz CT molecular complexity index is 355. The number of hydrogen-bond acceptors (Lipinski definition) is 4. The van der Waals surface area contributed by atoms with Crippen molar-refractivity contribution < 1.29 is 24.3 Å². The lowest BCUT2D eigenvalue weighted by Crippen LogP contribution is -2.50. The zero-order chi connectivity index (χ0) is 14.3. The first kappa shape index (κ1) is 15.9. The van der Waals surface area contributed by atoms with E-state index in [1.54, 1.807) is 0 Å². The van der Waals surface area contributed by atoms with Crippen molar-refractivity contribution in [1.82, 2.24) is 10.6 Å². The summed E-state index contributed by atoms with van der Waals surface area (Å²) in [5.41, 5.74) is 4.90. The Morgan fingerprint density at radius 2 is 1.78 bits per heavy atom. The molecule has 0 aliphatic carbocycles. The van der Waals surface area contributed by atoms with Gasteiger partial charge in [0, 0.05) is 13.3 Å². The highest BCUT2D eigenvalue weighted by Gasteiger charge is 2.23. The molecule has 0 bridgehead atoms. The lowest BCUT2D eigenvalue weighted by atomic mass is 10.1. The van der Waals surface area contributed by atoms with Gasteiger partial charge in [0.2, 0.25) is 17.7 Å². The average molecular weight is 259 g/mol. The van der Waals surface area contributed by atoms with Gasteiger partial charge in [0.05, 0.1) is 0 Å². The maximum absolute atomic E-state index is 11.5. The van der Waals surface area contributed by atoms with Crippen LogP contribution in [-0.2, 0) is 19.2 Å². The first-order valence-corrected chi connectivity index (χ1v) is 5.32. The number of carboxylic acid groups (broad SMARTS) is 1. The van der Waals surface area contributed by atoms with Crippen molar-refractivity contribution in [2.45, 2.75) is 38.8 Å². The van der Waals surface area contributed by atoms with Crippen LogP contribution in [0.5, 0.6) is 0 Å². The molecule has 3 amide bonds. The monoisotopic (exact) mass is 259 g/mol. The third-order valence-corrected chi connectivity index (χ3v) is 2.11. The zero-order valence-electron chi connectivity index (χ0n) is 10.2. The number of hydrogen-bond donors (Lipinski definition) is 4. The molecule has 0 heterocycles. The Kier molecular flexibility index (Phi) is 6.40. The molecule has 0 rings (SSSR count). The molecule has 0 spiro atoms. The number of primary amides is 1. The predicted octanol–water partition coefficient (Wildman–Crippen LogP) is -1.65. The summed E-state index contributed by atoms with van der Waals surface area (Å²) in [4.78, 5) is 43.6. The highest BCUT2D eigenvalue weighted by Crippen LogP contribution is 1.98. The van der Waals surface area contributed by atoms with Gasteiger partial charge in [-0.25, -0.2) is 4.79 Å². The second-order valence-electron chi connectivity index (χ2n) is 3.83. The van der Waals surface area contributed by atoms with Gasteiger partial charge in [0.1, 0.15) is 12.1 Å². The van der Waals surface area contributed by atoms with E-state index in [0.29, 0.717) is 0 Å². The van der Waals surface area contributed by atoms with E-state index in [1.165, 1.54) is 13.8 Å². The molecule has 8 nitrogen and oxygen atoms in total. The second-order valence-corrected chi connectivity index (χ2v) is 3.83. The average Bonchev–Trinajstić information content (AvgIpc) is 2.21. The van der Waals surface area contributed by atoms with E-state index in [-0.39, 0.29) is 12.8 Å². The van der Waals surface area contributed by atoms with Gasteiger partial charge in [-0.05, 0) is 13.3 Å². The SMILES string of the molecule is CC(=O)N[C@@H](C)C(=O)N[C@H](CCC(N)=O)C(=O)O. The van der Waals surface area contributed by atoms with Crippen molar-refractivity contribution in [3.05, 3.63) is 0 Å². The molecular weight excluding hydrogens is 242 g/mol. The maximum Gasteiger partial charge on any atom is 0.326 e. The molecule has 18 heavy (non-hydrogen) atoms. The lowest BCUT2D eigenvalue weighted by molar-refractivity contribution is -0.142. The van der Waals surface area contributed by atoms with E-state index in [0.717, 1.165) is 0 Å². The van der Waals surface area contributed by atoms with Crippen LogP contribution in [0.4, 0.5) is 0 Å². The van der Waals surface area contributed by atoms with E-state index in [4.69, 9.17) is 10.8 Å². The standard InChI is InChI=1S/C10H17N3O5/c1-5(12-6(2)14)9(16)13-7(10(17)18)3-4-8(11)15/h5,7H,3-4H2,1-2H3,(H2,11,15)(H,12,14)(H,13,16)(H,17,18)/t5-,7+/m0/s1. The molecule has 0 aromatic carbocycles. The van der Waals surface area contributed by atoms with E-state index in [2.05, 4.69) is 10.6 Å². The van der Waals surface area contributed by atoms with Gasteiger partial charge in [-0.3, -0.25) is 14.4 Å². The summed E-state index contributed by atoms with van der Waals surface area (Å²) < 4.78 is 0. The van der Waals surface area contributed by atoms with Crippen molar-refractivity contribution in [2.24, 2.45) is 5.73 Å². The molecular formula is C10H17N3O5. The summed E-state index contributed by atoms with van der Waals surface area (Å²) in [6.07, 6.45) is -0.241. The van der Waals surface area contributed by atoms with E-state index in [1.807, 2.05) is 0 Å². The fourth-order valence-corrected chi connectivity index (χ4v) is 1.21. The Balaban J connectivity index is 4.40. The molecule has 0 aliphatic heterocycles. The van der Waals surface area contributed by atoms with Crippen molar-refractivity contribution in [2.75, 3.05) is 0 Å². The van der Waals surface area contributed by atoms with Crippen LogP contribution in [0.25, 0.3) is 0 Å². The van der Waals surface area contributed by atoms with Crippen molar-refractivity contribution >= 4 is 23.7 Å². The highest BCUT2D eigenvalue weighted by molar-refractivity contribution is 5.89. The van der Waals surface area contributed by atoms with Gasteiger partial charge >= 0.3 is 5.97 Å². The molecule has 0 fully saturated rings. The number of nitrogens with two attached hydrogens (primary N) is 1. The van der Waals surface area contributed by atoms with Crippen LogP contribution in [0.15, 0.2) is 0 Å². The third-order valence-electron chi connectivity index (χ3n) is 2.11. The minimum absolute atomic E-state index is 0.0940. The maximum atomic E-state index is 11.5. The summed E-state index contributed by atoms with van der Waals surface area (Å²) in [6.45, 7) is 2.66. The molecule has 0 aromatic heterocycles. The Hall–Kier alpha value is -2.12. The molecule has 0 saturated heterocycles. The third kappa shape index (κ3) is 6.46. The smallest absolute Gasteiger partial charge is 0.326 e. The zero-order valence-corrected chi connectivity index (χ0v) is 10.2. The van der Waals surface area contributed by atoms with Crippen LogP contribution in [-0.4, -0.2) is 40.9 Å². The summed E-state index contributed by atoms with van der Waals surface area (Å²) in [7, 11) is 0. The van der Waals surface area contributed by atoms with Crippen molar-refractivity contribution in [1.29, 1.82) is 0 Å². The van der Waals surface area contributed by atoms with Crippen LogP contribution in [0.1, 0.15) is 26.7 Å². The molecule has 2 atom stereocenters.